The standard InChI is InChI=1S/C22H29N3O2/c1-27-21-8-4-19(5-9-21)16-25-12-10-18(11-13-25)15-24-22(26)20-6-2-17(14-23)3-7-20/h2-9,18H,10-16,23H2,1H3,(H,24,26). The number of methoxy groups -OCH3 is 1. The summed E-state index contributed by atoms with van der Waals surface area (Å²) >= 11 is 0. The van der Waals surface area contributed by atoms with Crippen LogP contribution < -0.4 is 15.8 Å². The summed E-state index contributed by atoms with van der Waals surface area (Å²) in [5.74, 6) is 1.44. The molecule has 0 unspecified atom stereocenters. The third-order valence-corrected chi connectivity index (χ3v) is 5.28. The van der Waals surface area contributed by atoms with Crippen molar-refractivity contribution in [1.29, 1.82) is 0 Å². The van der Waals surface area contributed by atoms with Gasteiger partial charge in [-0.2, -0.15) is 0 Å². The molecule has 2 aromatic carbocycles. The molecule has 1 fully saturated rings. The minimum atomic E-state index is -0.000709. The molecule has 2 aromatic rings. The van der Waals surface area contributed by atoms with E-state index in [0.717, 1.165) is 50.3 Å². The second-order valence-corrected chi connectivity index (χ2v) is 7.18. The van der Waals surface area contributed by atoms with Gasteiger partial charge in [0, 0.05) is 25.2 Å². The van der Waals surface area contributed by atoms with Crippen LogP contribution in [-0.4, -0.2) is 37.6 Å². The van der Waals surface area contributed by atoms with E-state index < -0.39 is 0 Å². The van der Waals surface area contributed by atoms with E-state index in [1.807, 2.05) is 36.4 Å². The third kappa shape index (κ3) is 5.55. The zero-order chi connectivity index (χ0) is 19.1. The first kappa shape index (κ1) is 19.4. The Kier molecular flexibility index (Phi) is 6.85. The van der Waals surface area contributed by atoms with Gasteiger partial charge in [-0.15, -0.1) is 0 Å². The first-order valence-corrected chi connectivity index (χ1v) is 9.60. The van der Waals surface area contributed by atoms with Crippen molar-refractivity contribution < 1.29 is 9.53 Å². The van der Waals surface area contributed by atoms with Gasteiger partial charge < -0.3 is 15.8 Å². The third-order valence-electron chi connectivity index (χ3n) is 5.28. The molecular weight excluding hydrogens is 338 g/mol. The minimum absolute atomic E-state index is 0.000709. The molecule has 0 bridgehead atoms. The van der Waals surface area contributed by atoms with E-state index in [0.29, 0.717) is 18.0 Å². The van der Waals surface area contributed by atoms with Crippen molar-refractivity contribution in [3.63, 3.8) is 0 Å². The van der Waals surface area contributed by atoms with Crippen LogP contribution in [0, 0.1) is 5.92 Å². The van der Waals surface area contributed by atoms with Crippen molar-refractivity contribution in [1.82, 2.24) is 10.2 Å². The Balaban J connectivity index is 1.40. The van der Waals surface area contributed by atoms with Gasteiger partial charge in [0.25, 0.3) is 5.91 Å². The molecule has 1 aliphatic heterocycles. The lowest BCUT2D eigenvalue weighted by molar-refractivity contribution is 0.0935. The van der Waals surface area contributed by atoms with E-state index in [2.05, 4.69) is 22.3 Å². The molecule has 27 heavy (non-hydrogen) atoms. The van der Waals surface area contributed by atoms with Crippen LogP contribution in [0.3, 0.4) is 0 Å². The van der Waals surface area contributed by atoms with Gasteiger partial charge in [-0.3, -0.25) is 9.69 Å². The van der Waals surface area contributed by atoms with Gasteiger partial charge >= 0.3 is 0 Å². The maximum absolute atomic E-state index is 12.3. The van der Waals surface area contributed by atoms with Crippen molar-refractivity contribution in [3.05, 3.63) is 65.2 Å². The van der Waals surface area contributed by atoms with Crippen molar-refractivity contribution in [3.8, 4) is 5.75 Å². The first-order valence-electron chi connectivity index (χ1n) is 9.60. The Bertz CT molecular complexity index is 720. The lowest BCUT2D eigenvalue weighted by Gasteiger charge is -2.32. The van der Waals surface area contributed by atoms with E-state index in [4.69, 9.17) is 10.5 Å². The van der Waals surface area contributed by atoms with E-state index in [1.54, 1.807) is 7.11 Å². The number of rotatable bonds is 7. The predicted octanol–water partition coefficient (Wildman–Crippen LogP) is 2.80. The largest absolute Gasteiger partial charge is 0.497 e. The number of hydrogen-bond acceptors (Lipinski definition) is 4. The zero-order valence-electron chi connectivity index (χ0n) is 16.0. The average molecular weight is 367 g/mol. The number of piperidine rings is 1. The number of carbonyl (C=O) groups is 1. The molecule has 0 spiro atoms. The number of ether oxygens (including phenoxy) is 1. The molecular formula is C22H29N3O2. The van der Waals surface area contributed by atoms with Gasteiger partial charge in [0.1, 0.15) is 5.75 Å². The molecule has 144 valence electrons. The van der Waals surface area contributed by atoms with E-state index >= 15 is 0 Å². The number of benzene rings is 2. The molecule has 3 N–H and O–H groups in total. The molecule has 0 aliphatic carbocycles. The molecule has 0 aromatic heterocycles. The van der Waals surface area contributed by atoms with Crippen LogP contribution in [0.5, 0.6) is 5.75 Å². The number of nitrogens with one attached hydrogen (secondary N) is 1. The predicted molar refractivity (Wildman–Crippen MR) is 108 cm³/mol. The average Bonchev–Trinajstić information content (AvgIpc) is 2.73. The van der Waals surface area contributed by atoms with Crippen molar-refractivity contribution in [2.24, 2.45) is 11.7 Å². The summed E-state index contributed by atoms with van der Waals surface area (Å²) in [7, 11) is 1.69. The molecule has 3 rings (SSSR count). The van der Waals surface area contributed by atoms with E-state index in [1.165, 1.54) is 5.56 Å². The topological polar surface area (TPSA) is 67.6 Å². The van der Waals surface area contributed by atoms with Gasteiger partial charge in [-0.05, 0) is 67.2 Å². The Labute approximate surface area is 161 Å². The van der Waals surface area contributed by atoms with Crippen LogP contribution in [0.15, 0.2) is 48.5 Å². The summed E-state index contributed by atoms with van der Waals surface area (Å²) in [6, 6.07) is 15.8. The van der Waals surface area contributed by atoms with E-state index in [9.17, 15) is 4.79 Å². The van der Waals surface area contributed by atoms with Crippen molar-refractivity contribution in [2.75, 3.05) is 26.7 Å². The van der Waals surface area contributed by atoms with Crippen LogP contribution in [0.4, 0.5) is 0 Å². The quantitative estimate of drug-likeness (QED) is 0.790. The fourth-order valence-corrected chi connectivity index (χ4v) is 3.47. The van der Waals surface area contributed by atoms with Crippen LogP contribution in [0.1, 0.15) is 34.3 Å². The summed E-state index contributed by atoms with van der Waals surface area (Å²) in [6.07, 6.45) is 2.23. The highest BCUT2D eigenvalue weighted by Crippen LogP contribution is 2.20. The summed E-state index contributed by atoms with van der Waals surface area (Å²) in [5, 5.41) is 3.08. The number of hydrogen-bond donors (Lipinski definition) is 2. The summed E-state index contributed by atoms with van der Waals surface area (Å²) in [6.45, 7) is 4.34. The van der Waals surface area contributed by atoms with Crippen LogP contribution in [-0.2, 0) is 13.1 Å². The SMILES string of the molecule is COc1ccc(CN2CCC(CNC(=O)c3ccc(CN)cc3)CC2)cc1. The summed E-state index contributed by atoms with van der Waals surface area (Å²) < 4.78 is 5.21. The molecule has 0 saturated carbocycles. The lowest BCUT2D eigenvalue weighted by Crippen LogP contribution is -2.38. The molecule has 1 aliphatic rings. The van der Waals surface area contributed by atoms with Crippen LogP contribution in [0.2, 0.25) is 0 Å². The minimum Gasteiger partial charge on any atom is -0.497 e. The maximum Gasteiger partial charge on any atom is 0.251 e. The number of amides is 1. The van der Waals surface area contributed by atoms with Crippen LogP contribution >= 0.6 is 0 Å². The Morgan fingerprint density at radius 1 is 1.07 bits per heavy atom. The Morgan fingerprint density at radius 3 is 2.30 bits per heavy atom. The van der Waals surface area contributed by atoms with E-state index in [-0.39, 0.29) is 5.91 Å². The molecule has 1 saturated heterocycles. The normalized spacial score (nSPS) is 15.5. The smallest absolute Gasteiger partial charge is 0.251 e. The fraction of sp³-hybridized carbons (Fsp3) is 0.409. The molecule has 1 amide bonds. The highest BCUT2D eigenvalue weighted by atomic mass is 16.5. The maximum atomic E-state index is 12.3. The molecule has 5 heteroatoms. The van der Waals surface area contributed by atoms with Crippen molar-refractivity contribution in [2.45, 2.75) is 25.9 Å². The highest BCUT2D eigenvalue weighted by Gasteiger charge is 2.20. The van der Waals surface area contributed by atoms with Gasteiger partial charge in [-0.25, -0.2) is 0 Å². The van der Waals surface area contributed by atoms with Gasteiger partial charge in [0.15, 0.2) is 0 Å². The first-order chi connectivity index (χ1) is 13.2. The van der Waals surface area contributed by atoms with Gasteiger partial charge in [-0.1, -0.05) is 24.3 Å². The Hall–Kier alpha value is -2.37. The second kappa shape index (κ2) is 9.53. The van der Waals surface area contributed by atoms with Gasteiger partial charge in [0.2, 0.25) is 0 Å². The summed E-state index contributed by atoms with van der Waals surface area (Å²) in [5.41, 5.74) is 8.64. The molecule has 1 heterocycles. The lowest BCUT2D eigenvalue weighted by atomic mass is 9.96. The van der Waals surface area contributed by atoms with Gasteiger partial charge in [0.05, 0.1) is 7.11 Å². The monoisotopic (exact) mass is 367 g/mol. The fourth-order valence-electron chi connectivity index (χ4n) is 3.47. The summed E-state index contributed by atoms with van der Waals surface area (Å²) in [4.78, 5) is 14.8. The number of nitrogens with two attached hydrogens (primary N) is 1. The number of nitrogens with zero attached hydrogens (tertiary/aromatic N) is 1. The zero-order valence-corrected chi connectivity index (χ0v) is 16.0. The number of carbonyl (C=O) groups excluding carboxylic acids is 1. The van der Waals surface area contributed by atoms with Crippen molar-refractivity contribution >= 4 is 5.91 Å². The highest BCUT2D eigenvalue weighted by molar-refractivity contribution is 5.94. The molecule has 0 atom stereocenters. The van der Waals surface area contributed by atoms with Crippen LogP contribution in [0.25, 0.3) is 0 Å². The second-order valence-electron chi connectivity index (χ2n) is 7.18. The molecule has 0 radical (unpaired) electrons. The number of likely N-dealkylation sites (tertiary alicyclic amines) is 1. The Morgan fingerprint density at radius 2 is 1.70 bits per heavy atom. The molecule has 5 nitrogen and oxygen atoms in total.